The molecule has 1 aromatic heterocycles. The zero-order valence-electron chi connectivity index (χ0n) is 11.9. The van der Waals surface area contributed by atoms with Crippen LogP contribution in [-0.2, 0) is 13.0 Å². The topological polar surface area (TPSA) is 56.3 Å². The van der Waals surface area contributed by atoms with Gasteiger partial charge in [0, 0.05) is 31.1 Å². The smallest absolute Gasteiger partial charge is 0.104 e. The number of hydrogen-bond acceptors (Lipinski definition) is 5. The molecule has 4 nitrogen and oxygen atoms in total. The molecule has 5 heteroatoms. The van der Waals surface area contributed by atoms with Crippen LogP contribution in [0.25, 0.3) is 0 Å². The fraction of sp³-hybridized carbons (Fsp3) is 0.667. The molecule has 0 aliphatic carbocycles. The van der Waals surface area contributed by atoms with E-state index in [2.05, 4.69) is 15.9 Å². The molecule has 1 aromatic rings. The quantitative estimate of drug-likeness (QED) is 0.925. The number of nitrogen functional groups attached to an aromatic ring is 1. The SMILES string of the molecule is N#Cc1c(N)sc2c1CCN(CCN1CCCCC1)C2. The summed E-state index contributed by atoms with van der Waals surface area (Å²) in [6.45, 7) is 6.89. The molecule has 20 heavy (non-hydrogen) atoms. The van der Waals surface area contributed by atoms with Crippen LogP contribution in [-0.4, -0.2) is 42.5 Å². The van der Waals surface area contributed by atoms with Crippen molar-refractivity contribution in [3.05, 3.63) is 16.0 Å². The number of nitrogens with zero attached hydrogens (tertiary/aromatic N) is 3. The van der Waals surface area contributed by atoms with Gasteiger partial charge >= 0.3 is 0 Å². The van der Waals surface area contributed by atoms with Crippen molar-refractivity contribution in [1.29, 1.82) is 5.26 Å². The molecule has 2 aliphatic heterocycles. The van der Waals surface area contributed by atoms with Gasteiger partial charge in [0.25, 0.3) is 0 Å². The van der Waals surface area contributed by atoms with Crippen LogP contribution in [0.1, 0.15) is 35.3 Å². The number of piperidine rings is 1. The first-order valence-electron chi connectivity index (χ1n) is 7.53. The summed E-state index contributed by atoms with van der Waals surface area (Å²) in [5.74, 6) is 0. The molecule has 2 N–H and O–H groups in total. The van der Waals surface area contributed by atoms with Gasteiger partial charge in [-0.2, -0.15) is 5.26 Å². The summed E-state index contributed by atoms with van der Waals surface area (Å²) in [6.07, 6.45) is 5.09. The molecule has 3 heterocycles. The molecule has 0 unspecified atom stereocenters. The monoisotopic (exact) mass is 290 g/mol. The summed E-state index contributed by atoms with van der Waals surface area (Å²) in [5, 5.41) is 9.86. The molecule has 0 saturated carbocycles. The van der Waals surface area contributed by atoms with Crippen LogP contribution in [0.5, 0.6) is 0 Å². The van der Waals surface area contributed by atoms with Gasteiger partial charge in [-0.05, 0) is 37.9 Å². The van der Waals surface area contributed by atoms with Crippen molar-refractivity contribution in [1.82, 2.24) is 9.80 Å². The summed E-state index contributed by atoms with van der Waals surface area (Å²) >= 11 is 1.61. The first-order valence-corrected chi connectivity index (χ1v) is 8.34. The first kappa shape index (κ1) is 13.9. The van der Waals surface area contributed by atoms with Crippen LogP contribution in [0.4, 0.5) is 5.00 Å². The molecule has 0 radical (unpaired) electrons. The molecule has 0 atom stereocenters. The average molecular weight is 290 g/mol. The number of anilines is 1. The molecule has 2 aliphatic rings. The van der Waals surface area contributed by atoms with Crippen molar-refractivity contribution in [2.24, 2.45) is 0 Å². The molecular formula is C15H22N4S. The van der Waals surface area contributed by atoms with Gasteiger partial charge in [0.2, 0.25) is 0 Å². The van der Waals surface area contributed by atoms with Crippen LogP contribution in [0.3, 0.4) is 0 Å². The normalized spacial score (nSPS) is 20.6. The molecular weight excluding hydrogens is 268 g/mol. The van der Waals surface area contributed by atoms with Gasteiger partial charge in [0.15, 0.2) is 0 Å². The van der Waals surface area contributed by atoms with E-state index < -0.39 is 0 Å². The molecule has 0 aromatic carbocycles. The van der Waals surface area contributed by atoms with Gasteiger partial charge in [-0.15, -0.1) is 11.3 Å². The van der Waals surface area contributed by atoms with Gasteiger partial charge in [0.1, 0.15) is 11.1 Å². The molecule has 108 valence electrons. The molecule has 0 spiro atoms. The van der Waals surface area contributed by atoms with Crippen molar-refractivity contribution in [2.45, 2.75) is 32.2 Å². The zero-order valence-corrected chi connectivity index (χ0v) is 12.7. The van der Waals surface area contributed by atoms with Crippen LogP contribution >= 0.6 is 11.3 Å². The van der Waals surface area contributed by atoms with Gasteiger partial charge in [-0.1, -0.05) is 6.42 Å². The molecule has 1 saturated heterocycles. The molecule has 0 bridgehead atoms. The number of likely N-dealkylation sites (tertiary alicyclic amines) is 1. The number of thiophene rings is 1. The Labute approximate surface area is 124 Å². The lowest BCUT2D eigenvalue weighted by atomic mass is 10.0. The predicted molar refractivity (Wildman–Crippen MR) is 82.7 cm³/mol. The highest BCUT2D eigenvalue weighted by Crippen LogP contribution is 2.34. The maximum absolute atomic E-state index is 9.16. The van der Waals surface area contributed by atoms with E-state index >= 15 is 0 Å². The molecule has 3 rings (SSSR count). The fourth-order valence-electron chi connectivity index (χ4n) is 3.26. The van der Waals surface area contributed by atoms with E-state index in [1.807, 2.05) is 0 Å². The third kappa shape index (κ3) is 2.83. The number of hydrogen-bond donors (Lipinski definition) is 1. The van der Waals surface area contributed by atoms with Gasteiger partial charge in [-0.3, -0.25) is 4.90 Å². The largest absolute Gasteiger partial charge is 0.389 e. The summed E-state index contributed by atoms with van der Waals surface area (Å²) in [6, 6.07) is 2.26. The van der Waals surface area contributed by atoms with E-state index in [1.54, 1.807) is 11.3 Å². The minimum atomic E-state index is 0.704. The second-order valence-electron chi connectivity index (χ2n) is 5.78. The number of nitrogens with two attached hydrogens (primary N) is 1. The highest BCUT2D eigenvalue weighted by atomic mass is 32.1. The Balaban J connectivity index is 1.57. The second-order valence-corrected chi connectivity index (χ2v) is 6.92. The predicted octanol–water partition coefficient (Wildman–Crippen LogP) is 2.05. The Kier molecular flexibility index (Phi) is 4.25. The second kappa shape index (κ2) is 6.13. The maximum Gasteiger partial charge on any atom is 0.104 e. The van der Waals surface area contributed by atoms with Gasteiger partial charge in [0.05, 0.1) is 5.56 Å². The van der Waals surface area contributed by atoms with Crippen molar-refractivity contribution >= 4 is 16.3 Å². The zero-order chi connectivity index (χ0) is 13.9. The van der Waals surface area contributed by atoms with Crippen LogP contribution in [0, 0.1) is 11.3 Å². The van der Waals surface area contributed by atoms with E-state index in [9.17, 15) is 0 Å². The summed E-state index contributed by atoms with van der Waals surface area (Å²) in [4.78, 5) is 6.40. The average Bonchev–Trinajstić information content (AvgIpc) is 2.80. The van der Waals surface area contributed by atoms with E-state index in [4.69, 9.17) is 11.0 Å². The van der Waals surface area contributed by atoms with E-state index in [0.29, 0.717) is 5.00 Å². The van der Waals surface area contributed by atoms with Crippen molar-refractivity contribution in [2.75, 3.05) is 38.5 Å². The Hall–Kier alpha value is -1.09. The third-order valence-corrected chi connectivity index (χ3v) is 5.50. The maximum atomic E-state index is 9.16. The lowest BCUT2D eigenvalue weighted by Crippen LogP contribution is -2.39. The van der Waals surface area contributed by atoms with E-state index in [-0.39, 0.29) is 0 Å². The lowest BCUT2D eigenvalue weighted by Gasteiger charge is -2.31. The molecule has 1 fully saturated rings. The highest BCUT2D eigenvalue weighted by Gasteiger charge is 2.23. The number of rotatable bonds is 3. The highest BCUT2D eigenvalue weighted by molar-refractivity contribution is 7.16. The van der Waals surface area contributed by atoms with Crippen molar-refractivity contribution in [3.8, 4) is 6.07 Å². The minimum absolute atomic E-state index is 0.704. The number of nitriles is 1. The van der Waals surface area contributed by atoms with Crippen LogP contribution in [0.2, 0.25) is 0 Å². The summed E-state index contributed by atoms with van der Waals surface area (Å²) in [5.41, 5.74) is 7.89. The van der Waals surface area contributed by atoms with E-state index in [1.165, 1.54) is 49.3 Å². The standard InChI is InChI=1S/C15H22N4S/c16-10-13-12-4-7-19(11-14(12)20-15(13)17)9-8-18-5-2-1-3-6-18/h1-9,11,17H2. The Morgan fingerprint density at radius 1 is 1.10 bits per heavy atom. The fourth-order valence-corrected chi connectivity index (χ4v) is 4.37. The number of fused-ring (bicyclic) bond motifs is 1. The molecule has 0 amide bonds. The minimum Gasteiger partial charge on any atom is -0.389 e. The Morgan fingerprint density at radius 2 is 1.85 bits per heavy atom. The Bertz CT molecular complexity index is 511. The van der Waals surface area contributed by atoms with Crippen LogP contribution < -0.4 is 5.73 Å². The van der Waals surface area contributed by atoms with E-state index in [0.717, 1.165) is 31.6 Å². The Morgan fingerprint density at radius 3 is 2.60 bits per heavy atom. The summed E-state index contributed by atoms with van der Waals surface area (Å²) < 4.78 is 0. The van der Waals surface area contributed by atoms with Crippen molar-refractivity contribution in [3.63, 3.8) is 0 Å². The van der Waals surface area contributed by atoms with Gasteiger partial charge in [-0.25, -0.2) is 0 Å². The van der Waals surface area contributed by atoms with Crippen molar-refractivity contribution < 1.29 is 0 Å². The van der Waals surface area contributed by atoms with Gasteiger partial charge < -0.3 is 10.6 Å². The lowest BCUT2D eigenvalue weighted by molar-refractivity contribution is 0.175. The third-order valence-electron chi connectivity index (χ3n) is 4.46. The first-order chi connectivity index (χ1) is 9.78. The summed E-state index contributed by atoms with van der Waals surface area (Å²) in [7, 11) is 0. The van der Waals surface area contributed by atoms with Crippen LogP contribution in [0.15, 0.2) is 0 Å².